The van der Waals surface area contributed by atoms with Gasteiger partial charge in [0.25, 0.3) is 5.69 Å². The number of hydrogen-bond donors (Lipinski definition) is 1. The van der Waals surface area contributed by atoms with Gasteiger partial charge in [0.05, 0.1) is 16.6 Å². The Morgan fingerprint density at radius 3 is 2.81 bits per heavy atom. The fraction of sp³-hybridized carbons (Fsp3) is 0.231. The van der Waals surface area contributed by atoms with E-state index in [1.807, 2.05) is 6.92 Å². The molecule has 0 fully saturated rings. The summed E-state index contributed by atoms with van der Waals surface area (Å²) < 4.78 is 6.20. The molecule has 1 aromatic carbocycles. The summed E-state index contributed by atoms with van der Waals surface area (Å²) in [5.74, 6) is 0.981. The molecular formula is C13H13BrN4O3. The molecule has 0 atom stereocenters. The number of ether oxygens (including phenoxy) is 1. The lowest BCUT2D eigenvalue weighted by atomic mass is 10.2. The van der Waals surface area contributed by atoms with Crippen LogP contribution < -0.4 is 10.5 Å². The SMILES string of the molecule is CCCc1c(N)ncnc1Oc1cc(Br)cc([N+](=O)[O-])c1. The van der Waals surface area contributed by atoms with Crippen LogP contribution in [-0.4, -0.2) is 14.9 Å². The third-order valence-corrected chi connectivity index (χ3v) is 3.18. The molecule has 0 aliphatic carbocycles. The molecule has 0 spiro atoms. The number of nitro benzene ring substituents is 1. The predicted octanol–water partition coefficient (Wildman–Crippen LogP) is 3.47. The van der Waals surface area contributed by atoms with Gasteiger partial charge in [-0.2, -0.15) is 0 Å². The van der Waals surface area contributed by atoms with Gasteiger partial charge in [0, 0.05) is 10.5 Å². The van der Waals surface area contributed by atoms with Gasteiger partial charge in [0.1, 0.15) is 17.9 Å². The Hall–Kier alpha value is -2.22. The smallest absolute Gasteiger partial charge is 0.274 e. The number of benzene rings is 1. The molecule has 0 saturated heterocycles. The number of anilines is 1. The molecule has 0 saturated carbocycles. The van der Waals surface area contributed by atoms with E-state index < -0.39 is 4.92 Å². The normalized spacial score (nSPS) is 10.4. The van der Waals surface area contributed by atoms with E-state index in [4.69, 9.17) is 10.5 Å². The van der Waals surface area contributed by atoms with E-state index in [-0.39, 0.29) is 5.69 Å². The van der Waals surface area contributed by atoms with Gasteiger partial charge in [-0.05, 0) is 12.5 Å². The minimum Gasteiger partial charge on any atom is -0.438 e. The molecule has 7 nitrogen and oxygen atoms in total. The Morgan fingerprint density at radius 2 is 2.14 bits per heavy atom. The minimum absolute atomic E-state index is 0.0709. The number of aromatic nitrogens is 2. The highest BCUT2D eigenvalue weighted by Crippen LogP contribution is 2.31. The van der Waals surface area contributed by atoms with Gasteiger partial charge < -0.3 is 10.5 Å². The Kier molecular flexibility index (Phi) is 4.69. The highest BCUT2D eigenvalue weighted by Gasteiger charge is 2.14. The van der Waals surface area contributed by atoms with E-state index in [1.165, 1.54) is 18.5 Å². The van der Waals surface area contributed by atoms with E-state index >= 15 is 0 Å². The first-order valence-electron chi connectivity index (χ1n) is 6.23. The summed E-state index contributed by atoms with van der Waals surface area (Å²) >= 11 is 3.22. The fourth-order valence-corrected chi connectivity index (χ4v) is 2.27. The van der Waals surface area contributed by atoms with Crippen LogP contribution in [0.3, 0.4) is 0 Å². The highest BCUT2D eigenvalue weighted by atomic mass is 79.9. The molecule has 110 valence electrons. The summed E-state index contributed by atoms with van der Waals surface area (Å²) in [6, 6.07) is 4.36. The van der Waals surface area contributed by atoms with Gasteiger partial charge in [-0.25, -0.2) is 9.97 Å². The Balaban J connectivity index is 2.38. The van der Waals surface area contributed by atoms with E-state index in [0.717, 1.165) is 6.42 Å². The molecular weight excluding hydrogens is 340 g/mol. The molecule has 0 aliphatic heterocycles. The van der Waals surface area contributed by atoms with E-state index in [2.05, 4.69) is 25.9 Å². The monoisotopic (exact) mass is 352 g/mol. The van der Waals surface area contributed by atoms with Crippen molar-refractivity contribution in [3.05, 3.63) is 44.7 Å². The molecule has 2 rings (SSSR count). The maximum absolute atomic E-state index is 10.9. The van der Waals surface area contributed by atoms with Crippen molar-refractivity contribution in [2.75, 3.05) is 5.73 Å². The van der Waals surface area contributed by atoms with Crippen LogP contribution >= 0.6 is 15.9 Å². The van der Waals surface area contributed by atoms with Crippen LogP contribution in [0, 0.1) is 10.1 Å². The van der Waals surface area contributed by atoms with E-state index in [9.17, 15) is 10.1 Å². The zero-order valence-electron chi connectivity index (χ0n) is 11.2. The van der Waals surface area contributed by atoms with Gasteiger partial charge in [-0.1, -0.05) is 29.3 Å². The Labute approximate surface area is 129 Å². The number of nitro groups is 1. The molecule has 0 unspecified atom stereocenters. The molecule has 0 amide bonds. The number of halogens is 1. The molecule has 0 radical (unpaired) electrons. The maximum atomic E-state index is 10.9. The number of rotatable bonds is 5. The Bertz CT molecular complexity index is 678. The lowest BCUT2D eigenvalue weighted by Crippen LogP contribution is -2.02. The van der Waals surface area contributed by atoms with Gasteiger partial charge in [0.15, 0.2) is 0 Å². The predicted molar refractivity (Wildman–Crippen MR) is 81.3 cm³/mol. The molecule has 1 aromatic heterocycles. The average Bonchev–Trinajstić information content (AvgIpc) is 2.42. The van der Waals surface area contributed by atoms with Crippen molar-refractivity contribution >= 4 is 27.4 Å². The summed E-state index contributed by atoms with van der Waals surface area (Å²) in [6.07, 6.45) is 2.82. The molecule has 0 bridgehead atoms. The lowest BCUT2D eigenvalue weighted by molar-refractivity contribution is -0.385. The minimum atomic E-state index is -0.487. The Morgan fingerprint density at radius 1 is 1.38 bits per heavy atom. The van der Waals surface area contributed by atoms with Crippen LogP contribution in [0.1, 0.15) is 18.9 Å². The van der Waals surface area contributed by atoms with Crippen LogP contribution in [0.15, 0.2) is 29.0 Å². The molecule has 2 aromatic rings. The van der Waals surface area contributed by atoms with Gasteiger partial charge in [-0.15, -0.1) is 0 Å². The third kappa shape index (κ3) is 3.66. The quantitative estimate of drug-likeness (QED) is 0.652. The number of hydrogen-bond acceptors (Lipinski definition) is 6. The van der Waals surface area contributed by atoms with Crippen LogP contribution in [0.2, 0.25) is 0 Å². The van der Waals surface area contributed by atoms with Crippen LogP contribution in [-0.2, 0) is 6.42 Å². The first-order valence-corrected chi connectivity index (χ1v) is 7.02. The third-order valence-electron chi connectivity index (χ3n) is 2.72. The van der Waals surface area contributed by atoms with Gasteiger partial charge >= 0.3 is 0 Å². The molecule has 21 heavy (non-hydrogen) atoms. The zero-order chi connectivity index (χ0) is 15.4. The molecule has 8 heteroatoms. The van der Waals surface area contributed by atoms with Crippen molar-refractivity contribution in [1.29, 1.82) is 0 Å². The number of non-ortho nitro benzene ring substituents is 1. The van der Waals surface area contributed by atoms with Gasteiger partial charge in [0.2, 0.25) is 5.88 Å². The molecule has 1 heterocycles. The van der Waals surface area contributed by atoms with Crippen molar-refractivity contribution < 1.29 is 9.66 Å². The fourth-order valence-electron chi connectivity index (χ4n) is 1.81. The first kappa shape index (κ1) is 15.2. The largest absolute Gasteiger partial charge is 0.438 e. The number of nitrogen functional groups attached to an aromatic ring is 1. The zero-order valence-corrected chi connectivity index (χ0v) is 12.8. The van der Waals surface area contributed by atoms with Crippen molar-refractivity contribution in [3.63, 3.8) is 0 Å². The van der Waals surface area contributed by atoms with Gasteiger partial charge in [-0.3, -0.25) is 10.1 Å². The summed E-state index contributed by atoms with van der Waals surface area (Å²) in [4.78, 5) is 18.4. The van der Waals surface area contributed by atoms with Crippen molar-refractivity contribution in [1.82, 2.24) is 9.97 Å². The van der Waals surface area contributed by atoms with E-state index in [1.54, 1.807) is 6.07 Å². The number of nitrogens with two attached hydrogens (primary N) is 1. The lowest BCUT2D eigenvalue weighted by Gasteiger charge is -2.11. The maximum Gasteiger partial charge on any atom is 0.274 e. The van der Waals surface area contributed by atoms with Crippen LogP contribution in [0.25, 0.3) is 0 Å². The topological polar surface area (TPSA) is 104 Å². The number of nitrogens with zero attached hydrogens (tertiary/aromatic N) is 3. The molecule has 0 aliphatic rings. The second-order valence-electron chi connectivity index (χ2n) is 4.30. The van der Waals surface area contributed by atoms with E-state index in [0.29, 0.717) is 33.9 Å². The standard InChI is InChI=1S/C13H13BrN4O3/c1-2-3-11-12(15)16-7-17-13(11)21-10-5-8(14)4-9(6-10)18(19)20/h4-7H,2-3H2,1H3,(H2,15,16,17). The second-order valence-corrected chi connectivity index (χ2v) is 5.21. The highest BCUT2D eigenvalue weighted by molar-refractivity contribution is 9.10. The van der Waals surface area contributed by atoms with Crippen molar-refractivity contribution in [2.24, 2.45) is 0 Å². The van der Waals surface area contributed by atoms with Crippen LogP contribution in [0.4, 0.5) is 11.5 Å². The van der Waals surface area contributed by atoms with Crippen molar-refractivity contribution in [3.8, 4) is 11.6 Å². The average molecular weight is 353 g/mol. The summed E-state index contributed by atoms with van der Waals surface area (Å²) in [7, 11) is 0. The van der Waals surface area contributed by atoms with Crippen molar-refractivity contribution in [2.45, 2.75) is 19.8 Å². The van der Waals surface area contributed by atoms with Crippen LogP contribution in [0.5, 0.6) is 11.6 Å². The second kappa shape index (κ2) is 6.49. The summed E-state index contributed by atoms with van der Waals surface area (Å²) in [6.45, 7) is 2.00. The molecule has 2 N–H and O–H groups in total. The summed E-state index contributed by atoms with van der Waals surface area (Å²) in [5.41, 5.74) is 6.45. The summed E-state index contributed by atoms with van der Waals surface area (Å²) in [5, 5.41) is 10.9. The first-order chi connectivity index (χ1) is 10.0.